The van der Waals surface area contributed by atoms with Crippen LogP contribution in [0.25, 0.3) is 21.5 Å². The first-order valence-electron chi connectivity index (χ1n) is 14.3. The Hall–Kier alpha value is -4.56. The van der Waals surface area contributed by atoms with Crippen molar-refractivity contribution in [2.24, 2.45) is 0 Å². The van der Waals surface area contributed by atoms with Crippen molar-refractivity contribution in [2.45, 2.75) is 38.5 Å². The molecule has 9 rings (SSSR count). The third-order valence-corrected chi connectivity index (χ3v) is 9.82. The first-order valence-corrected chi connectivity index (χ1v) is 14.3. The van der Waals surface area contributed by atoms with Crippen LogP contribution in [0, 0.1) is 0 Å². The van der Waals surface area contributed by atoms with Gasteiger partial charge in [0.05, 0.1) is 34.1 Å². The van der Waals surface area contributed by atoms with E-state index in [0.717, 1.165) is 0 Å². The van der Waals surface area contributed by atoms with Crippen LogP contribution >= 0.6 is 0 Å². The van der Waals surface area contributed by atoms with Crippen LogP contribution in [0.15, 0.2) is 109 Å². The average molecular weight is 515 g/mol. The van der Waals surface area contributed by atoms with Crippen molar-refractivity contribution in [3.63, 3.8) is 0 Å². The highest BCUT2D eigenvalue weighted by Gasteiger charge is 2.48. The fourth-order valence-electron chi connectivity index (χ4n) is 8.11. The molecule has 0 saturated heterocycles. The fraction of sp³-hybridized carbons (Fsp3) is 0.158. The fourth-order valence-corrected chi connectivity index (χ4v) is 8.11. The van der Waals surface area contributed by atoms with Gasteiger partial charge in [0.15, 0.2) is 0 Å². The van der Waals surface area contributed by atoms with Gasteiger partial charge in [0.2, 0.25) is 0 Å². The molecule has 6 aromatic rings. The van der Waals surface area contributed by atoms with Crippen molar-refractivity contribution >= 4 is 55.7 Å². The molecule has 6 aromatic carbocycles. The van der Waals surface area contributed by atoms with Crippen molar-refractivity contribution in [3.8, 4) is 0 Å². The zero-order valence-corrected chi connectivity index (χ0v) is 23.3. The Balaban J connectivity index is 1.56. The van der Waals surface area contributed by atoms with Gasteiger partial charge < -0.3 is 9.80 Å². The van der Waals surface area contributed by atoms with Crippen molar-refractivity contribution < 1.29 is 0 Å². The predicted molar refractivity (Wildman–Crippen MR) is 169 cm³/mol. The summed E-state index contributed by atoms with van der Waals surface area (Å²) in [5.41, 5.74) is 12.9. The van der Waals surface area contributed by atoms with Gasteiger partial charge in [0, 0.05) is 10.8 Å². The molecule has 0 amide bonds. The summed E-state index contributed by atoms with van der Waals surface area (Å²) < 4.78 is 0. The van der Waals surface area contributed by atoms with Crippen LogP contribution in [-0.2, 0) is 10.8 Å². The zero-order valence-electron chi connectivity index (χ0n) is 23.3. The molecule has 40 heavy (non-hydrogen) atoms. The highest BCUT2D eigenvalue weighted by molar-refractivity contribution is 6.15. The molecule has 0 atom stereocenters. The SMILES string of the molecule is CC1(C)c2ccccc2N2c3cc4ccccc4c4c3N(c3ccccc3C4(C)C)c3cc4ccccc4c1c32. The highest BCUT2D eigenvalue weighted by atomic mass is 15.3. The molecule has 3 heterocycles. The van der Waals surface area contributed by atoms with Crippen LogP contribution in [-0.4, -0.2) is 0 Å². The number of hydrogen-bond donors (Lipinski definition) is 0. The molecule has 0 saturated carbocycles. The van der Waals surface area contributed by atoms with E-state index in [0.29, 0.717) is 0 Å². The number of anilines is 6. The number of rotatable bonds is 0. The maximum Gasteiger partial charge on any atom is 0.0750 e. The van der Waals surface area contributed by atoms with E-state index >= 15 is 0 Å². The summed E-state index contributed by atoms with van der Waals surface area (Å²) >= 11 is 0. The van der Waals surface area contributed by atoms with E-state index in [1.165, 1.54) is 77.9 Å². The quantitative estimate of drug-likeness (QED) is 0.199. The molecule has 2 heteroatoms. The Morgan fingerprint density at radius 3 is 1.25 bits per heavy atom. The van der Waals surface area contributed by atoms with Gasteiger partial charge in [0.1, 0.15) is 0 Å². The maximum atomic E-state index is 2.59. The molecule has 0 bridgehead atoms. The Bertz CT molecular complexity index is 1930. The summed E-state index contributed by atoms with van der Waals surface area (Å²) in [6, 6.07) is 40.9. The van der Waals surface area contributed by atoms with Crippen LogP contribution < -0.4 is 9.80 Å². The van der Waals surface area contributed by atoms with Gasteiger partial charge in [-0.05, 0) is 68.1 Å². The molecule has 0 fully saturated rings. The molecule has 2 nitrogen and oxygen atoms in total. The molecule has 0 aliphatic carbocycles. The molecular formula is C38H30N2. The largest absolute Gasteiger partial charge is 0.306 e. The van der Waals surface area contributed by atoms with Gasteiger partial charge in [-0.15, -0.1) is 0 Å². The Morgan fingerprint density at radius 1 is 0.425 bits per heavy atom. The van der Waals surface area contributed by atoms with Gasteiger partial charge in [0.25, 0.3) is 0 Å². The van der Waals surface area contributed by atoms with E-state index in [1.54, 1.807) is 0 Å². The molecule has 3 aliphatic rings. The Labute approximate surface area is 235 Å². The van der Waals surface area contributed by atoms with E-state index in [9.17, 15) is 0 Å². The number of fused-ring (bicyclic) bond motifs is 10. The smallest absolute Gasteiger partial charge is 0.0750 e. The molecule has 0 unspecified atom stereocenters. The summed E-state index contributed by atoms with van der Waals surface area (Å²) in [5.74, 6) is 0. The second kappa shape index (κ2) is 7.14. The summed E-state index contributed by atoms with van der Waals surface area (Å²) in [5, 5.41) is 5.25. The predicted octanol–water partition coefficient (Wildman–Crippen LogP) is 10.5. The van der Waals surface area contributed by atoms with Crippen LogP contribution in [0.3, 0.4) is 0 Å². The van der Waals surface area contributed by atoms with E-state index in [-0.39, 0.29) is 10.8 Å². The van der Waals surface area contributed by atoms with Gasteiger partial charge in [-0.2, -0.15) is 0 Å². The minimum atomic E-state index is -0.163. The van der Waals surface area contributed by atoms with Gasteiger partial charge in [-0.3, -0.25) is 0 Å². The van der Waals surface area contributed by atoms with Crippen LogP contribution in [0.2, 0.25) is 0 Å². The lowest BCUT2D eigenvalue weighted by Gasteiger charge is -2.52. The molecule has 0 radical (unpaired) electrons. The van der Waals surface area contributed by atoms with Crippen molar-refractivity contribution in [3.05, 3.63) is 131 Å². The third kappa shape index (κ3) is 2.47. The number of hydrogen-bond acceptors (Lipinski definition) is 2. The number of nitrogens with zero attached hydrogens (tertiary/aromatic N) is 2. The summed E-state index contributed by atoms with van der Waals surface area (Å²) in [7, 11) is 0. The van der Waals surface area contributed by atoms with Crippen LogP contribution in [0.1, 0.15) is 49.9 Å². The molecule has 3 aliphatic heterocycles. The van der Waals surface area contributed by atoms with Crippen molar-refractivity contribution in [1.29, 1.82) is 0 Å². The summed E-state index contributed by atoms with van der Waals surface area (Å²) in [4.78, 5) is 5.17. The Morgan fingerprint density at radius 2 is 0.800 bits per heavy atom. The van der Waals surface area contributed by atoms with Crippen molar-refractivity contribution in [2.75, 3.05) is 9.80 Å². The minimum Gasteiger partial charge on any atom is -0.306 e. The monoisotopic (exact) mass is 514 g/mol. The maximum absolute atomic E-state index is 2.59. The summed E-state index contributed by atoms with van der Waals surface area (Å²) in [6.07, 6.45) is 0. The van der Waals surface area contributed by atoms with Crippen LogP contribution in [0.5, 0.6) is 0 Å². The number of benzene rings is 6. The van der Waals surface area contributed by atoms with E-state index < -0.39 is 0 Å². The normalized spacial score (nSPS) is 16.8. The zero-order chi connectivity index (χ0) is 27.0. The first-order chi connectivity index (χ1) is 19.4. The molecule has 0 spiro atoms. The average Bonchev–Trinajstić information content (AvgIpc) is 2.97. The van der Waals surface area contributed by atoms with E-state index in [4.69, 9.17) is 0 Å². The minimum absolute atomic E-state index is 0.163. The first kappa shape index (κ1) is 22.3. The van der Waals surface area contributed by atoms with E-state index in [2.05, 4.69) is 147 Å². The number of para-hydroxylation sites is 2. The topological polar surface area (TPSA) is 6.48 Å². The molecule has 192 valence electrons. The molecule has 0 aromatic heterocycles. The lowest BCUT2D eigenvalue weighted by Crippen LogP contribution is -2.38. The Kier molecular flexibility index (Phi) is 3.98. The lowest BCUT2D eigenvalue weighted by molar-refractivity contribution is 0.629. The van der Waals surface area contributed by atoms with Gasteiger partial charge in [-0.25, -0.2) is 0 Å². The summed E-state index contributed by atoms with van der Waals surface area (Å²) in [6.45, 7) is 9.61. The molecular weight excluding hydrogens is 484 g/mol. The van der Waals surface area contributed by atoms with Gasteiger partial charge >= 0.3 is 0 Å². The highest BCUT2D eigenvalue weighted by Crippen LogP contribution is 2.67. The standard InChI is InChI=1S/C38H30N2/c1-37(2)27-17-9-11-19-29(27)39-32-22-24-14-6-8-16-26(24)34-36(32)40(30-20-12-10-18-28(30)38(34,3)4)31-21-23-13-5-7-15-25(23)33(37)35(31)39/h5-22H,1-4H3. The van der Waals surface area contributed by atoms with Crippen molar-refractivity contribution in [1.82, 2.24) is 0 Å². The third-order valence-electron chi connectivity index (χ3n) is 9.82. The second-order valence-electron chi connectivity index (χ2n) is 12.6. The van der Waals surface area contributed by atoms with Crippen LogP contribution in [0.4, 0.5) is 34.1 Å². The van der Waals surface area contributed by atoms with E-state index in [1.807, 2.05) is 0 Å². The lowest BCUT2D eigenvalue weighted by atomic mass is 9.68. The van der Waals surface area contributed by atoms with Gasteiger partial charge in [-0.1, -0.05) is 113 Å². The molecule has 0 N–H and O–H groups in total. The second-order valence-corrected chi connectivity index (χ2v) is 12.6.